The molecule has 4 rings (SSSR count). The van der Waals surface area contributed by atoms with Gasteiger partial charge in [-0.3, -0.25) is 0 Å². The Labute approximate surface area is 228 Å². The van der Waals surface area contributed by atoms with Gasteiger partial charge < -0.3 is 0 Å². The van der Waals surface area contributed by atoms with Gasteiger partial charge in [0.1, 0.15) is 0 Å². The smallest absolute Gasteiger partial charge is 0.0656 e. The van der Waals surface area contributed by atoms with Crippen LogP contribution in [0, 0.1) is 40.5 Å². The minimum Gasteiger partial charge on any atom is -0.0656 e. The first-order valence-electron chi connectivity index (χ1n) is 13.9. The summed E-state index contributed by atoms with van der Waals surface area (Å²) in [4.78, 5) is 0. The molecular weight excluding hydrogens is 477 g/mol. The molecule has 37 heavy (non-hydrogen) atoms. The van der Waals surface area contributed by atoms with Crippen LogP contribution in [0.15, 0.2) is 76.5 Å². The molecule has 3 aromatic carbocycles. The lowest BCUT2D eigenvalue weighted by Crippen LogP contribution is -2.71. The lowest BCUT2D eigenvalue weighted by molar-refractivity contribution is 0.851. The van der Waals surface area contributed by atoms with E-state index in [1.165, 1.54) is 44.5 Å². The van der Waals surface area contributed by atoms with Crippen LogP contribution < -0.4 is 20.7 Å². The van der Waals surface area contributed by atoms with Gasteiger partial charge in [-0.1, -0.05) is 108 Å². The predicted molar refractivity (Wildman–Crippen MR) is 171 cm³/mol. The summed E-state index contributed by atoms with van der Waals surface area (Å²) in [5.74, 6) is 0.433. The van der Waals surface area contributed by atoms with E-state index in [9.17, 15) is 0 Å². The molecule has 0 N–H and O–H groups in total. The molecule has 1 aliphatic carbocycles. The Hall–Kier alpha value is -2.43. The summed E-state index contributed by atoms with van der Waals surface area (Å²) in [7, 11) is -4.16. The zero-order valence-electron chi connectivity index (χ0n) is 25.3. The minimum absolute atomic E-state index is 0.433. The third-order valence-corrected chi connectivity index (χ3v) is 16.9. The topological polar surface area (TPSA) is 0 Å². The Bertz CT molecular complexity index is 1390. The number of hydrogen-bond acceptors (Lipinski definition) is 0. The maximum absolute atomic E-state index is 2.64. The average Bonchev–Trinajstić information content (AvgIpc) is 3.02. The van der Waals surface area contributed by atoms with Crippen LogP contribution in [-0.2, 0) is 0 Å². The molecule has 194 valence electrons. The summed E-state index contributed by atoms with van der Waals surface area (Å²) in [5, 5.41) is 7.96. The number of aryl methyl sites for hydroxylation is 3. The highest BCUT2D eigenvalue weighted by molar-refractivity contribution is 7.17. The molecule has 0 saturated carbocycles. The SMILES string of the molecule is CC1=C(C)C(C)C([Si](c2cc(C)cc([Si](C)(C)C)c2)(c2cccc(C)c2C)c2cccc(C)c2C)=C1C. The van der Waals surface area contributed by atoms with Crippen LogP contribution in [0.4, 0.5) is 0 Å². The van der Waals surface area contributed by atoms with Gasteiger partial charge in [-0.2, -0.15) is 0 Å². The van der Waals surface area contributed by atoms with E-state index in [1.807, 2.05) is 0 Å². The van der Waals surface area contributed by atoms with Crippen LogP contribution in [-0.4, -0.2) is 16.1 Å². The van der Waals surface area contributed by atoms with Crippen molar-refractivity contribution in [3.8, 4) is 0 Å². The van der Waals surface area contributed by atoms with E-state index in [0.717, 1.165) is 0 Å². The minimum atomic E-state index is -2.63. The van der Waals surface area contributed by atoms with Crippen molar-refractivity contribution in [3.63, 3.8) is 0 Å². The Morgan fingerprint density at radius 1 is 0.595 bits per heavy atom. The lowest BCUT2D eigenvalue weighted by atomic mass is 10.1. The summed E-state index contributed by atoms with van der Waals surface area (Å²) in [6, 6.07) is 21.8. The molecule has 1 aliphatic rings. The average molecular weight is 523 g/mol. The van der Waals surface area contributed by atoms with Crippen molar-refractivity contribution >= 4 is 36.9 Å². The Morgan fingerprint density at radius 2 is 1.08 bits per heavy atom. The zero-order chi connectivity index (χ0) is 27.4. The lowest BCUT2D eigenvalue weighted by Gasteiger charge is -2.41. The van der Waals surface area contributed by atoms with Crippen molar-refractivity contribution in [2.24, 2.45) is 5.92 Å². The van der Waals surface area contributed by atoms with E-state index in [-0.39, 0.29) is 0 Å². The fraction of sp³-hybridized carbons (Fsp3) is 0.371. The first-order chi connectivity index (χ1) is 17.2. The van der Waals surface area contributed by atoms with Gasteiger partial charge in [0.05, 0.1) is 8.07 Å². The fourth-order valence-electron chi connectivity index (χ4n) is 6.62. The molecule has 0 bridgehead atoms. The molecule has 2 heteroatoms. The number of hydrogen-bond donors (Lipinski definition) is 0. The van der Waals surface area contributed by atoms with Gasteiger partial charge in [-0.15, -0.1) is 0 Å². The Kier molecular flexibility index (Phi) is 7.24. The molecule has 1 atom stereocenters. The van der Waals surface area contributed by atoms with Crippen molar-refractivity contribution in [2.45, 2.75) is 82.0 Å². The Morgan fingerprint density at radius 3 is 1.51 bits per heavy atom. The van der Waals surface area contributed by atoms with E-state index in [1.54, 1.807) is 25.9 Å². The summed E-state index contributed by atoms with van der Waals surface area (Å²) < 4.78 is 0. The van der Waals surface area contributed by atoms with Crippen LogP contribution in [0.3, 0.4) is 0 Å². The van der Waals surface area contributed by atoms with E-state index < -0.39 is 16.1 Å². The van der Waals surface area contributed by atoms with Crippen molar-refractivity contribution in [3.05, 3.63) is 104 Å². The van der Waals surface area contributed by atoms with Gasteiger partial charge in [-0.25, -0.2) is 0 Å². The van der Waals surface area contributed by atoms with Gasteiger partial charge >= 0.3 is 0 Å². The summed E-state index contributed by atoms with van der Waals surface area (Å²) in [6.07, 6.45) is 0. The summed E-state index contributed by atoms with van der Waals surface area (Å²) >= 11 is 0. The molecule has 0 nitrogen and oxygen atoms in total. The number of rotatable bonds is 5. The molecule has 1 unspecified atom stereocenters. The van der Waals surface area contributed by atoms with E-state index in [0.29, 0.717) is 5.92 Å². The second-order valence-electron chi connectivity index (χ2n) is 12.7. The summed E-state index contributed by atoms with van der Waals surface area (Å²) in [5.41, 5.74) is 11.7. The molecule has 0 fully saturated rings. The van der Waals surface area contributed by atoms with E-state index in [2.05, 4.69) is 137 Å². The maximum atomic E-state index is 2.64. The molecule has 0 spiro atoms. The highest BCUT2D eigenvalue weighted by Gasteiger charge is 2.50. The fourth-order valence-corrected chi connectivity index (χ4v) is 14.5. The third kappa shape index (κ3) is 4.36. The van der Waals surface area contributed by atoms with Crippen molar-refractivity contribution < 1.29 is 0 Å². The monoisotopic (exact) mass is 522 g/mol. The van der Waals surface area contributed by atoms with E-state index >= 15 is 0 Å². The van der Waals surface area contributed by atoms with Crippen molar-refractivity contribution in [2.75, 3.05) is 0 Å². The normalized spacial score (nSPS) is 16.7. The Balaban J connectivity index is 2.33. The van der Waals surface area contributed by atoms with Crippen LogP contribution in [0.5, 0.6) is 0 Å². The van der Waals surface area contributed by atoms with Crippen LogP contribution in [0.2, 0.25) is 19.6 Å². The van der Waals surface area contributed by atoms with Gasteiger partial charge in [0.15, 0.2) is 8.07 Å². The predicted octanol–water partition coefficient (Wildman–Crippen LogP) is 7.09. The van der Waals surface area contributed by atoms with Gasteiger partial charge in [0.25, 0.3) is 0 Å². The van der Waals surface area contributed by atoms with Crippen molar-refractivity contribution in [1.29, 1.82) is 0 Å². The highest BCUT2D eigenvalue weighted by Crippen LogP contribution is 2.42. The quantitative estimate of drug-likeness (QED) is 0.248. The summed E-state index contributed by atoms with van der Waals surface area (Å²) in [6.45, 7) is 28.7. The molecular formula is C35H46Si2. The second kappa shape index (κ2) is 9.71. The maximum Gasteiger partial charge on any atom is 0.177 e. The third-order valence-electron chi connectivity index (χ3n) is 9.44. The zero-order valence-corrected chi connectivity index (χ0v) is 27.3. The van der Waals surface area contributed by atoms with Crippen molar-refractivity contribution in [1.82, 2.24) is 0 Å². The molecule has 0 radical (unpaired) electrons. The molecule has 0 amide bonds. The van der Waals surface area contributed by atoms with Gasteiger partial charge in [0.2, 0.25) is 0 Å². The molecule has 0 saturated heterocycles. The molecule has 0 aliphatic heterocycles. The largest absolute Gasteiger partial charge is 0.177 e. The van der Waals surface area contributed by atoms with E-state index in [4.69, 9.17) is 0 Å². The van der Waals surface area contributed by atoms with Gasteiger partial charge in [-0.05, 0) is 105 Å². The number of benzene rings is 3. The first kappa shape index (κ1) is 27.6. The second-order valence-corrected chi connectivity index (χ2v) is 21.4. The van der Waals surface area contributed by atoms with Crippen LogP contribution >= 0.6 is 0 Å². The van der Waals surface area contributed by atoms with Gasteiger partial charge in [0, 0.05) is 0 Å². The highest BCUT2D eigenvalue weighted by atomic mass is 28.3. The van der Waals surface area contributed by atoms with Crippen LogP contribution in [0.1, 0.15) is 55.5 Å². The molecule has 0 heterocycles. The standard InChI is InChI=1S/C35H46Si2/c1-22-19-31(36(10,11)12)21-32(20-22)37(33-17-13-15-23(2)25(33)4,34-18-14-16-24(3)26(34)5)35-29(8)27(6)28(7)30(35)9/h13-21,29H,1-12H3. The first-order valence-corrected chi connectivity index (χ1v) is 19.4. The molecule has 3 aromatic rings. The number of allylic oxidation sites excluding steroid dienone is 4. The molecule has 0 aromatic heterocycles. The van der Waals surface area contributed by atoms with Crippen LogP contribution in [0.25, 0.3) is 0 Å².